The fourth-order valence-electron chi connectivity index (χ4n) is 3.81. The Morgan fingerprint density at radius 3 is 2.72 bits per heavy atom. The summed E-state index contributed by atoms with van der Waals surface area (Å²) in [6.45, 7) is 4.12. The van der Waals surface area contributed by atoms with Crippen LogP contribution in [0.25, 0.3) is 0 Å². The lowest BCUT2D eigenvalue weighted by atomic mass is 10.0. The number of anilines is 2. The molecule has 0 bridgehead atoms. The smallest absolute Gasteiger partial charge is 0.315 e. The zero-order valence-electron chi connectivity index (χ0n) is 14.6. The van der Waals surface area contributed by atoms with Gasteiger partial charge < -0.3 is 19.4 Å². The largest absolute Gasteiger partial charge is 0.408 e. The molecule has 1 N–H and O–H groups in total. The van der Waals surface area contributed by atoms with Gasteiger partial charge in [-0.25, -0.2) is 0 Å². The highest BCUT2D eigenvalue weighted by molar-refractivity contribution is 5.54. The van der Waals surface area contributed by atoms with E-state index in [1.807, 2.05) is 0 Å². The van der Waals surface area contributed by atoms with Crippen LogP contribution in [0.15, 0.2) is 28.7 Å². The van der Waals surface area contributed by atoms with Crippen molar-refractivity contribution in [2.24, 2.45) is 5.92 Å². The van der Waals surface area contributed by atoms with Gasteiger partial charge in [-0.3, -0.25) is 0 Å². The third kappa shape index (κ3) is 4.12. The highest BCUT2D eigenvalue weighted by atomic mass is 16.5. The van der Waals surface area contributed by atoms with Crippen molar-refractivity contribution in [2.45, 2.75) is 38.6 Å². The van der Waals surface area contributed by atoms with Gasteiger partial charge in [-0.05, 0) is 30.4 Å². The molecule has 1 saturated carbocycles. The number of hydrogen-bond donors (Lipinski definition) is 1. The van der Waals surface area contributed by atoms with Gasteiger partial charge in [0.15, 0.2) is 0 Å². The average Bonchev–Trinajstić information content (AvgIpc) is 3.33. The van der Waals surface area contributed by atoms with Crippen LogP contribution in [0.3, 0.4) is 0 Å². The maximum atomic E-state index is 5.79. The van der Waals surface area contributed by atoms with E-state index in [0.717, 1.165) is 44.5 Å². The molecule has 1 saturated heterocycles. The maximum absolute atomic E-state index is 5.79. The average molecular weight is 342 g/mol. The van der Waals surface area contributed by atoms with Gasteiger partial charge in [0.2, 0.25) is 5.89 Å². The second-order valence-electron chi connectivity index (χ2n) is 6.94. The molecule has 1 aliphatic heterocycles. The second kappa shape index (κ2) is 7.87. The molecule has 1 aliphatic carbocycles. The predicted molar refractivity (Wildman–Crippen MR) is 96.8 cm³/mol. The molecule has 0 amide bonds. The van der Waals surface area contributed by atoms with Gasteiger partial charge >= 0.3 is 6.01 Å². The van der Waals surface area contributed by atoms with E-state index in [4.69, 9.17) is 9.15 Å². The second-order valence-corrected chi connectivity index (χ2v) is 6.94. The summed E-state index contributed by atoms with van der Waals surface area (Å²) in [4.78, 5) is 2.37. The summed E-state index contributed by atoms with van der Waals surface area (Å²) in [6, 6.07) is 8.99. The first kappa shape index (κ1) is 16.4. The molecule has 2 aliphatic rings. The first-order chi connectivity index (χ1) is 12.4. The summed E-state index contributed by atoms with van der Waals surface area (Å²) in [7, 11) is 0. The van der Waals surface area contributed by atoms with Crippen molar-refractivity contribution >= 4 is 11.7 Å². The van der Waals surface area contributed by atoms with Crippen LogP contribution in [0.4, 0.5) is 11.7 Å². The number of benzene rings is 1. The van der Waals surface area contributed by atoms with Crippen LogP contribution in [0.1, 0.15) is 37.1 Å². The Bertz CT molecular complexity index is 676. The summed E-state index contributed by atoms with van der Waals surface area (Å²) >= 11 is 0. The Kier molecular flexibility index (Phi) is 5.16. The topological polar surface area (TPSA) is 63.4 Å². The molecule has 1 aromatic carbocycles. The van der Waals surface area contributed by atoms with Crippen molar-refractivity contribution < 1.29 is 9.15 Å². The summed E-state index contributed by atoms with van der Waals surface area (Å²) < 4.78 is 11.2. The predicted octanol–water partition coefficient (Wildman–Crippen LogP) is 3.25. The molecular formula is C19H26N4O2. The van der Waals surface area contributed by atoms with E-state index in [1.54, 1.807) is 0 Å². The van der Waals surface area contributed by atoms with Crippen LogP contribution < -0.4 is 10.2 Å². The lowest BCUT2D eigenvalue weighted by Gasteiger charge is -2.30. The first-order valence-electron chi connectivity index (χ1n) is 9.35. The van der Waals surface area contributed by atoms with Crippen molar-refractivity contribution in [3.63, 3.8) is 0 Å². The summed E-state index contributed by atoms with van der Waals surface area (Å²) in [5.41, 5.74) is 2.49. The highest BCUT2D eigenvalue weighted by Gasteiger charge is 2.19. The van der Waals surface area contributed by atoms with Crippen LogP contribution in [-0.4, -0.2) is 36.5 Å². The van der Waals surface area contributed by atoms with Gasteiger partial charge in [0, 0.05) is 31.7 Å². The van der Waals surface area contributed by atoms with Gasteiger partial charge in [0.1, 0.15) is 0 Å². The van der Waals surface area contributed by atoms with E-state index in [1.165, 1.54) is 36.9 Å². The maximum Gasteiger partial charge on any atom is 0.315 e. The van der Waals surface area contributed by atoms with Crippen molar-refractivity contribution in [3.8, 4) is 0 Å². The Morgan fingerprint density at radius 1 is 1.08 bits per heavy atom. The number of hydrogen-bond acceptors (Lipinski definition) is 6. The van der Waals surface area contributed by atoms with E-state index >= 15 is 0 Å². The van der Waals surface area contributed by atoms with Crippen molar-refractivity contribution in [2.75, 3.05) is 36.5 Å². The number of morpholine rings is 1. The van der Waals surface area contributed by atoms with Crippen LogP contribution in [0.2, 0.25) is 0 Å². The van der Waals surface area contributed by atoms with Crippen molar-refractivity contribution in [3.05, 3.63) is 35.7 Å². The zero-order chi connectivity index (χ0) is 16.9. The molecule has 4 rings (SSSR count). The van der Waals surface area contributed by atoms with Crippen molar-refractivity contribution in [1.29, 1.82) is 0 Å². The SMILES string of the molecule is c1ccc(N2CCOCC2)c(CNc2nnc(CC3CCCC3)o2)c1. The Labute approximate surface area is 148 Å². The van der Waals surface area contributed by atoms with Crippen LogP contribution in [-0.2, 0) is 17.7 Å². The van der Waals surface area contributed by atoms with Gasteiger partial charge in [0.25, 0.3) is 0 Å². The fraction of sp³-hybridized carbons (Fsp3) is 0.579. The number of aromatic nitrogens is 2. The van der Waals surface area contributed by atoms with Crippen LogP contribution >= 0.6 is 0 Å². The minimum atomic E-state index is 0.518. The molecule has 134 valence electrons. The quantitative estimate of drug-likeness (QED) is 0.869. The Balaban J connectivity index is 1.37. The van der Waals surface area contributed by atoms with E-state index < -0.39 is 0 Å². The van der Waals surface area contributed by atoms with E-state index in [2.05, 4.69) is 44.7 Å². The minimum absolute atomic E-state index is 0.518. The van der Waals surface area contributed by atoms with Gasteiger partial charge in [-0.1, -0.05) is 36.1 Å². The molecular weight excluding hydrogens is 316 g/mol. The highest BCUT2D eigenvalue weighted by Crippen LogP contribution is 2.28. The van der Waals surface area contributed by atoms with Gasteiger partial charge in [0.05, 0.1) is 13.2 Å². The molecule has 0 radical (unpaired) electrons. The zero-order valence-corrected chi connectivity index (χ0v) is 14.6. The molecule has 25 heavy (non-hydrogen) atoms. The summed E-state index contributed by atoms with van der Waals surface area (Å²) in [6.07, 6.45) is 6.17. The molecule has 1 aromatic heterocycles. The van der Waals surface area contributed by atoms with Gasteiger partial charge in [-0.15, -0.1) is 5.10 Å². The van der Waals surface area contributed by atoms with E-state index in [-0.39, 0.29) is 0 Å². The van der Waals surface area contributed by atoms with Crippen molar-refractivity contribution in [1.82, 2.24) is 10.2 Å². The monoisotopic (exact) mass is 342 g/mol. The number of ether oxygens (including phenoxy) is 1. The molecule has 0 spiro atoms. The number of rotatable bonds is 6. The Morgan fingerprint density at radius 2 is 1.88 bits per heavy atom. The molecule has 0 atom stereocenters. The summed E-state index contributed by atoms with van der Waals surface area (Å²) in [5, 5.41) is 11.6. The third-order valence-electron chi connectivity index (χ3n) is 5.18. The van der Waals surface area contributed by atoms with E-state index in [0.29, 0.717) is 12.6 Å². The molecule has 6 heteroatoms. The molecule has 0 unspecified atom stereocenters. The number of nitrogens with one attached hydrogen (secondary N) is 1. The molecule has 2 aromatic rings. The molecule has 2 fully saturated rings. The Hall–Kier alpha value is -2.08. The third-order valence-corrected chi connectivity index (χ3v) is 5.18. The van der Waals surface area contributed by atoms with E-state index in [9.17, 15) is 0 Å². The molecule has 6 nitrogen and oxygen atoms in total. The summed E-state index contributed by atoms with van der Waals surface area (Å²) in [5.74, 6) is 1.48. The van der Waals surface area contributed by atoms with Crippen LogP contribution in [0.5, 0.6) is 0 Å². The minimum Gasteiger partial charge on any atom is -0.408 e. The lowest BCUT2D eigenvalue weighted by Crippen LogP contribution is -2.36. The normalized spacial score (nSPS) is 18.6. The van der Waals surface area contributed by atoms with Crippen LogP contribution in [0, 0.1) is 5.92 Å². The first-order valence-corrected chi connectivity index (χ1v) is 9.35. The number of nitrogens with zero attached hydrogens (tertiary/aromatic N) is 3. The standard InChI is InChI=1S/C19H26N4O2/c1-2-6-15(5-1)13-18-21-22-19(25-18)20-14-16-7-3-4-8-17(16)23-9-11-24-12-10-23/h3-4,7-8,15H,1-2,5-6,9-14H2,(H,20,22). The fourth-order valence-corrected chi connectivity index (χ4v) is 3.81. The van der Waals surface area contributed by atoms with Gasteiger partial charge in [-0.2, -0.15) is 0 Å². The number of para-hydroxylation sites is 1. The lowest BCUT2D eigenvalue weighted by molar-refractivity contribution is 0.122. The molecule has 2 heterocycles.